The Kier molecular flexibility index (Phi) is 14.6. The molecule has 0 aromatic heterocycles. The van der Waals surface area contributed by atoms with Crippen LogP contribution in [0.1, 0.15) is 31.1 Å². The van der Waals surface area contributed by atoms with Gasteiger partial charge in [0.25, 0.3) is 0 Å². The molecule has 3 N–H and O–H groups in total. The molecule has 0 atom stereocenters. The predicted molar refractivity (Wildman–Crippen MR) is 120 cm³/mol. The van der Waals surface area contributed by atoms with Crippen LogP contribution in [0.4, 0.5) is 0 Å². The Balaban J connectivity index is 0.000000473. The van der Waals surface area contributed by atoms with E-state index in [0.29, 0.717) is 17.2 Å². The minimum absolute atomic E-state index is 0. The largest absolute Gasteiger partial charge is 0.496 e. The zero-order valence-corrected chi connectivity index (χ0v) is 21.6. The first-order chi connectivity index (χ1) is 15.8. The number of para-hydroxylation sites is 3. The molecule has 34 heavy (non-hydrogen) atoms. The Bertz CT molecular complexity index is 947. The van der Waals surface area contributed by atoms with E-state index in [1.807, 2.05) is 0 Å². The first-order valence-corrected chi connectivity index (χ1v) is 9.35. The molecule has 10 heteroatoms. The van der Waals surface area contributed by atoms with Crippen molar-refractivity contribution in [1.82, 2.24) is 0 Å². The predicted octanol–water partition coefficient (Wildman–Crippen LogP) is 4.18. The van der Waals surface area contributed by atoms with E-state index >= 15 is 0 Å². The third-order valence-electron chi connectivity index (χ3n) is 4.01. The van der Waals surface area contributed by atoms with Gasteiger partial charge in [0.1, 0.15) is 33.9 Å². The molecule has 9 nitrogen and oxygen atoms in total. The monoisotopic (exact) mass is 545 g/mol. The molecule has 177 valence electrons. The van der Waals surface area contributed by atoms with Crippen LogP contribution in [-0.4, -0.2) is 54.6 Å². The number of aromatic carboxylic acids is 3. The van der Waals surface area contributed by atoms with Gasteiger partial charge in [0.15, 0.2) is 0 Å². The molecule has 0 unspecified atom stereocenters. The minimum atomic E-state index is -0.970. The quantitative estimate of drug-likeness (QED) is 0.416. The molecule has 0 spiro atoms. The summed E-state index contributed by atoms with van der Waals surface area (Å²) in [6.07, 6.45) is 0. The molecule has 0 amide bonds. The zero-order chi connectivity index (χ0) is 24.8. The summed E-state index contributed by atoms with van der Waals surface area (Å²) in [5.74, 6) is -1.74. The van der Waals surface area contributed by atoms with E-state index in [-0.39, 0.29) is 49.4 Å². The van der Waals surface area contributed by atoms with Gasteiger partial charge in [-0.1, -0.05) is 36.4 Å². The summed E-state index contributed by atoms with van der Waals surface area (Å²) >= 11 is 0. The topological polar surface area (TPSA) is 140 Å². The van der Waals surface area contributed by atoms with Crippen LogP contribution in [0, 0.1) is 0 Å². The summed E-state index contributed by atoms with van der Waals surface area (Å²) in [6.45, 7) is 0. The fourth-order valence-corrected chi connectivity index (χ4v) is 2.46. The summed E-state index contributed by atoms with van der Waals surface area (Å²) < 4.78 is 14.5. The summed E-state index contributed by atoms with van der Waals surface area (Å²) in [5.41, 5.74) is 0.569. The molecule has 0 heterocycles. The number of carboxylic acids is 3. The van der Waals surface area contributed by atoms with Gasteiger partial charge in [-0.2, -0.15) is 0 Å². The van der Waals surface area contributed by atoms with Gasteiger partial charge in [-0.15, -0.1) is 0 Å². The molecule has 0 saturated heterocycles. The van der Waals surface area contributed by atoms with Gasteiger partial charge in [0, 0.05) is 32.7 Å². The second kappa shape index (κ2) is 16.2. The molecule has 0 aliphatic rings. The van der Waals surface area contributed by atoms with E-state index in [1.165, 1.54) is 39.5 Å². The molecule has 0 aliphatic carbocycles. The van der Waals surface area contributed by atoms with E-state index < -0.39 is 17.9 Å². The Morgan fingerprint density at radius 3 is 0.853 bits per heavy atom. The molecule has 3 aromatic carbocycles. The second-order valence-electron chi connectivity index (χ2n) is 6.02. The van der Waals surface area contributed by atoms with Crippen molar-refractivity contribution in [3.63, 3.8) is 0 Å². The minimum Gasteiger partial charge on any atom is -0.496 e. The van der Waals surface area contributed by atoms with E-state index in [0.717, 1.165) is 0 Å². The number of methoxy groups -OCH3 is 3. The second-order valence-corrected chi connectivity index (χ2v) is 6.02. The fraction of sp³-hybridized carbons (Fsp3) is 0.125. The van der Waals surface area contributed by atoms with Gasteiger partial charge < -0.3 is 29.5 Å². The maximum absolute atomic E-state index is 10.5. The number of rotatable bonds is 6. The Morgan fingerprint density at radius 1 is 0.500 bits per heavy atom. The molecular formula is C24H24O9Y. The van der Waals surface area contributed by atoms with Crippen LogP contribution < -0.4 is 14.2 Å². The SMILES string of the molecule is COc1ccccc1C(=O)O.COc1ccccc1C(=O)O.COc1ccccc1C(=O)O.[Y]. The molecule has 1 radical (unpaired) electrons. The van der Waals surface area contributed by atoms with Crippen LogP contribution in [-0.2, 0) is 32.7 Å². The van der Waals surface area contributed by atoms with Gasteiger partial charge >= 0.3 is 17.9 Å². The van der Waals surface area contributed by atoms with Crippen molar-refractivity contribution in [3.8, 4) is 17.2 Å². The number of ether oxygens (including phenoxy) is 3. The van der Waals surface area contributed by atoms with Crippen molar-refractivity contribution in [2.45, 2.75) is 0 Å². The summed E-state index contributed by atoms with van der Waals surface area (Å²) in [5, 5.41) is 25.9. The van der Waals surface area contributed by atoms with E-state index in [9.17, 15) is 14.4 Å². The van der Waals surface area contributed by atoms with E-state index in [2.05, 4.69) is 0 Å². The van der Waals surface area contributed by atoms with Crippen LogP contribution in [0.25, 0.3) is 0 Å². The third-order valence-corrected chi connectivity index (χ3v) is 4.01. The van der Waals surface area contributed by atoms with Crippen molar-refractivity contribution in [2.75, 3.05) is 21.3 Å². The normalized spacial score (nSPS) is 8.91. The van der Waals surface area contributed by atoms with Gasteiger partial charge in [-0.05, 0) is 36.4 Å². The molecule has 0 aliphatic heterocycles. The molecule has 3 rings (SSSR count). The van der Waals surface area contributed by atoms with E-state index in [1.54, 1.807) is 54.6 Å². The van der Waals surface area contributed by atoms with Crippen molar-refractivity contribution < 1.29 is 76.6 Å². The van der Waals surface area contributed by atoms with E-state index in [4.69, 9.17) is 29.5 Å². The van der Waals surface area contributed by atoms with Crippen LogP contribution in [0.5, 0.6) is 17.2 Å². The average Bonchev–Trinajstić information content (AvgIpc) is 2.84. The first kappa shape index (κ1) is 30.6. The number of carboxylic acid groups (broad SMARTS) is 3. The first-order valence-electron chi connectivity index (χ1n) is 9.35. The van der Waals surface area contributed by atoms with Crippen molar-refractivity contribution >= 4 is 17.9 Å². The summed E-state index contributed by atoms with van der Waals surface area (Å²) in [6, 6.07) is 19.5. The Labute approximate surface area is 221 Å². The summed E-state index contributed by atoms with van der Waals surface area (Å²) in [4.78, 5) is 31.5. The number of hydrogen-bond acceptors (Lipinski definition) is 6. The van der Waals surface area contributed by atoms with Crippen molar-refractivity contribution in [2.24, 2.45) is 0 Å². The smallest absolute Gasteiger partial charge is 0.339 e. The summed E-state index contributed by atoms with van der Waals surface area (Å²) in [7, 11) is 4.34. The van der Waals surface area contributed by atoms with Crippen LogP contribution in [0.2, 0.25) is 0 Å². The zero-order valence-electron chi connectivity index (χ0n) is 18.8. The molecule has 0 fully saturated rings. The van der Waals surface area contributed by atoms with Gasteiger partial charge in [0.05, 0.1) is 21.3 Å². The van der Waals surface area contributed by atoms with Crippen molar-refractivity contribution in [3.05, 3.63) is 89.5 Å². The number of benzene rings is 3. The van der Waals surface area contributed by atoms with Crippen LogP contribution >= 0.6 is 0 Å². The molecule has 0 bridgehead atoms. The third kappa shape index (κ3) is 9.60. The van der Waals surface area contributed by atoms with Crippen LogP contribution in [0.15, 0.2) is 72.8 Å². The van der Waals surface area contributed by atoms with Gasteiger partial charge in [-0.25, -0.2) is 14.4 Å². The number of hydrogen-bond donors (Lipinski definition) is 3. The number of carbonyl (C=O) groups is 3. The maximum atomic E-state index is 10.5. The average molecular weight is 545 g/mol. The Morgan fingerprint density at radius 2 is 0.706 bits per heavy atom. The van der Waals surface area contributed by atoms with Crippen LogP contribution in [0.3, 0.4) is 0 Å². The molecule has 0 saturated carbocycles. The van der Waals surface area contributed by atoms with Gasteiger partial charge in [0.2, 0.25) is 0 Å². The standard InChI is InChI=1S/3C8H8O3.Y/c3*1-11-7-5-3-2-4-6(7)8(9)10;/h3*2-5H,1H3,(H,9,10);. The van der Waals surface area contributed by atoms with Gasteiger partial charge in [-0.3, -0.25) is 0 Å². The maximum Gasteiger partial charge on any atom is 0.339 e. The Hall–Kier alpha value is -3.43. The fourth-order valence-electron chi connectivity index (χ4n) is 2.46. The van der Waals surface area contributed by atoms with Crippen molar-refractivity contribution in [1.29, 1.82) is 0 Å². The molecule has 3 aromatic rings. The molecular weight excluding hydrogens is 521 g/mol.